The van der Waals surface area contributed by atoms with Crippen LogP contribution in [0.15, 0.2) is 36.4 Å². The van der Waals surface area contributed by atoms with E-state index in [4.69, 9.17) is 22.9 Å². The minimum absolute atomic E-state index is 0.00394. The highest BCUT2D eigenvalue weighted by molar-refractivity contribution is 6.30. The number of carbonyl (C=O) groups excluding carboxylic acids is 1. The maximum Gasteiger partial charge on any atom is 0.407 e. The maximum absolute atomic E-state index is 13.4. The first-order valence-corrected chi connectivity index (χ1v) is 8.02. The van der Waals surface area contributed by atoms with E-state index in [1.54, 1.807) is 0 Å². The fourth-order valence-corrected chi connectivity index (χ4v) is 2.18. The van der Waals surface area contributed by atoms with Crippen LogP contribution < -0.4 is 10.1 Å². The molecule has 0 spiro atoms. The number of hydrogen-bond acceptors (Lipinski definition) is 3. The second kappa shape index (κ2) is 8.04. The Bertz CT molecular complexity index is 939. The Balaban J connectivity index is 2.12. The molecule has 2 aromatic rings. The van der Waals surface area contributed by atoms with Crippen LogP contribution >= 0.6 is 11.6 Å². The lowest BCUT2D eigenvalue weighted by Crippen LogP contribution is -2.45. The Morgan fingerprint density at radius 2 is 1.96 bits per heavy atom. The molecule has 2 N–H and O–H groups in total. The second-order valence-electron chi connectivity index (χ2n) is 5.93. The zero-order valence-corrected chi connectivity index (χ0v) is 15.0. The van der Waals surface area contributed by atoms with Gasteiger partial charge in [0.25, 0.3) is 5.91 Å². The van der Waals surface area contributed by atoms with Gasteiger partial charge < -0.3 is 15.2 Å². The number of benzene rings is 2. The lowest BCUT2D eigenvalue weighted by molar-refractivity contribution is -0.137. The van der Waals surface area contributed by atoms with Crippen LogP contribution in [0.5, 0.6) is 5.75 Å². The number of nitrogens with one attached hydrogen (secondary N) is 1. The van der Waals surface area contributed by atoms with Crippen molar-refractivity contribution in [3.05, 3.63) is 64.2 Å². The summed E-state index contributed by atoms with van der Waals surface area (Å²) in [6, 6.07) is 6.10. The number of nitrogens with zero attached hydrogens (tertiary/aromatic N) is 1. The normalized spacial score (nSPS) is 13.4. The summed E-state index contributed by atoms with van der Waals surface area (Å²) in [5.41, 5.74) is -4.24. The predicted octanol–water partition coefficient (Wildman–Crippen LogP) is 4.82. The van der Waals surface area contributed by atoms with Gasteiger partial charge in [-0.3, -0.25) is 4.79 Å². The van der Waals surface area contributed by atoms with Gasteiger partial charge in [-0.1, -0.05) is 17.7 Å². The lowest BCUT2D eigenvalue weighted by atomic mass is 10.1. The number of anilines is 1. The molecule has 28 heavy (non-hydrogen) atoms. The molecule has 0 aromatic heterocycles. The zero-order chi connectivity index (χ0) is 21.1. The topological polar surface area (TPSA) is 62.9 Å². The molecule has 1 amide bonds. The number of rotatable bonds is 5. The van der Waals surface area contributed by atoms with Crippen LogP contribution in [0.25, 0.3) is 4.85 Å². The summed E-state index contributed by atoms with van der Waals surface area (Å²) in [4.78, 5) is 15.0. The number of alkyl halides is 3. The molecule has 0 fully saturated rings. The van der Waals surface area contributed by atoms with E-state index in [0.29, 0.717) is 6.07 Å². The van der Waals surface area contributed by atoms with Gasteiger partial charge in [0.15, 0.2) is 11.3 Å². The molecule has 0 aliphatic carbocycles. The molecular weight excluding hydrogens is 404 g/mol. The number of ether oxygens (including phenoxy) is 1. The molecule has 10 heteroatoms. The van der Waals surface area contributed by atoms with Gasteiger partial charge in [-0.2, -0.15) is 13.2 Å². The molecule has 1 atom stereocenters. The third-order valence-corrected chi connectivity index (χ3v) is 3.89. The van der Waals surface area contributed by atoms with E-state index in [9.17, 15) is 27.5 Å². The third kappa shape index (κ3) is 5.12. The zero-order valence-electron chi connectivity index (χ0n) is 14.3. The monoisotopic (exact) mass is 416 g/mol. The molecule has 0 radical (unpaired) electrons. The van der Waals surface area contributed by atoms with E-state index in [0.717, 1.165) is 25.1 Å². The summed E-state index contributed by atoms with van der Waals surface area (Å²) < 4.78 is 57.5. The van der Waals surface area contributed by atoms with E-state index >= 15 is 0 Å². The molecular formula is C18H13ClF4N2O3. The van der Waals surface area contributed by atoms with E-state index in [-0.39, 0.29) is 16.5 Å². The Kier molecular flexibility index (Phi) is 6.17. The molecule has 0 bridgehead atoms. The van der Waals surface area contributed by atoms with Gasteiger partial charge in [-0.05, 0) is 31.2 Å². The minimum Gasteiger partial charge on any atom is -0.490 e. The third-order valence-electron chi connectivity index (χ3n) is 3.58. The van der Waals surface area contributed by atoms with Crippen molar-refractivity contribution in [3.8, 4) is 5.75 Å². The van der Waals surface area contributed by atoms with Crippen LogP contribution in [-0.4, -0.2) is 23.2 Å². The predicted molar refractivity (Wildman–Crippen MR) is 93.9 cm³/mol. The fourth-order valence-electron chi connectivity index (χ4n) is 2.06. The van der Waals surface area contributed by atoms with E-state index in [1.165, 1.54) is 12.1 Å². The number of hydrogen-bond donors (Lipinski definition) is 2. The number of amides is 1. The largest absolute Gasteiger partial charge is 0.490 e. The number of carbonyl (C=O) groups is 1. The molecule has 148 valence electrons. The van der Waals surface area contributed by atoms with Crippen molar-refractivity contribution in [2.75, 3.05) is 11.9 Å². The van der Waals surface area contributed by atoms with E-state index in [2.05, 4.69) is 10.2 Å². The van der Waals surface area contributed by atoms with Crippen molar-refractivity contribution in [2.45, 2.75) is 18.7 Å². The van der Waals surface area contributed by atoms with Crippen LogP contribution in [0.1, 0.15) is 12.5 Å². The van der Waals surface area contributed by atoms with Crippen LogP contribution in [0.4, 0.5) is 28.9 Å². The summed E-state index contributed by atoms with van der Waals surface area (Å²) in [5, 5.41) is 12.2. The first kappa shape index (κ1) is 21.5. The fraction of sp³-hybridized carbons (Fsp3) is 0.222. The molecule has 0 heterocycles. The molecule has 0 unspecified atom stereocenters. The maximum atomic E-state index is 13.4. The molecule has 0 aliphatic heterocycles. The highest BCUT2D eigenvalue weighted by Gasteiger charge is 2.35. The van der Waals surface area contributed by atoms with Crippen molar-refractivity contribution < 1.29 is 32.2 Å². The Labute approximate surface area is 162 Å². The SMILES string of the molecule is [C-]#[N+]c1ccc(NC(=O)[C@](C)(O)COc2ccc(Cl)c(F)c2)cc1C(F)(F)F. The van der Waals surface area contributed by atoms with Gasteiger partial charge >= 0.3 is 6.18 Å². The van der Waals surface area contributed by atoms with Gasteiger partial charge in [0.05, 0.1) is 17.2 Å². The Hall–Kier alpha value is -2.83. The van der Waals surface area contributed by atoms with Crippen molar-refractivity contribution in [3.63, 3.8) is 0 Å². The van der Waals surface area contributed by atoms with Crippen LogP contribution in [-0.2, 0) is 11.0 Å². The number of halogens is 5. The number of aliphatic hydroxyl groups is 1. The molecule has 0 saturated heterocycles. The summed E-state index contributed by atoms with van der Waals surface area (Å²) >= 11 is 5.54. The molecule has 2 aromatic carbocycles. The summed E-state index contributed by atoms with van der Waals surface area (Å²) in [6.07, 6.45) is -4.79. The Morgan fingerprint density at radius 1 is 1.29 bits per heavy atom. The molecule has 0 saturated carbocycles. The van der Waals surface area contributed by atoms with Crippen molar-refractivity contribution >= 4 is 28.9 Å². The summed E-state index contributed by atoms with van der Waals surface area (Å²) in [5.74, 6) is -1.82. The summed E-state index contributed by atoms with van der Waals surface area (Å²) in [6.45, 7) is 7.26. The van der Waals surface area contributed by atoms with Crippen LogP contribution in [0, 0.1) is 12.4 Å². The van der Waals surface area contributed by atoms with Crippen molar-refractivity contribution in [2.24, 2.45) is 0 Å². The first-order valence-electron chi connectivity index (χ1n) is 7.64. The van der Waals surface area contributed by atoms with Crippen LogP contribution in [0.3, 0.4) is 0 Å². The lowest BCUT2D eigenvalue weighted by Gasteiger charge is -2.23. The van der Waals surface area contributed by atoms with Crippen molar-refractivity contribution in [1.29, 1.82) is 0 Å². The summed E-state index contributed by atoms with van der Waals surface area (Å²) in [7, 11) is 0. The minimum atomic E-state index is -4.79. The van der Waals surface area contributed by atoms with E-state index < -0.39 is 41.4 Å². The van der Waals surface area contributed by atoms with Crippen LogP contribution in [0.2, 0.25) is 5.02 Å². The smallest absolute Gasteiger partial charge is 0.407 e. The van der Waals surface area contributed by atoms with Crippen molar-refractivity contribution in [1.82, 2.24) is 0 Å². The highest BCUT2D eigenvalue weighted by Crippen LogP contribution is 2.38. The van der Waals surface area contributed by atoms with Gasteiger partial charge in [0.1, 0.15) is 18.2 Å². The average molecular weight is 417 g/mol. The van der Waals surface area contributed by atoms with Gasteiger partial charge in [0.2, 0.25) is 0 Å². The van der Waals surface area contributed by atoms with Gasteiger partial charge in [-0.25, -0.2) is 9.24 Å². The molecule has 2 rings (SSSR count). The average Bonchev–Trinajstić information content (AvgIpc) is 2.62. The standard InChI is InChI=1S/C18H13ClF4N2O3/c1-17(27,9-28-11-4-5-13(19)14(20)8-11)16(26)25-10-3-6-15(24-2)12(7-10)18(21,22)23/h3-8,27H,9H2,1H3,(H,25,26)/t17-/m1/s1. The van der Waals surface area contributed by atoms with Gasteiger partial charge in [-0.15, -0.1) is 0 Å². The van der Waals surface area contributed by atoms with Gasteiger partial charge in [0, 0.05) is 11.8 Å². The second-order valence-corrected chi connectivity index (χ2v) is 6.34. The van der Waals surface area contributed by atoms with E-state index in [1.807, 2.05) is 0 Å². The quantitative estimate of drug-likeness (QED) is 0.542. The molecule has 5 nitrogen and oxygen atoms in total. The highest BCUT2D eigenvalue weighted by atomic mass is 35.5. The molecule has 0 aliphatic rings. The Morgan fingerprint density at radius 3 is 2.54 bits per heavy atom. The first-order chi connectivity index (χ1) is 12.9.